The highest BCUT2D eigenvalue weighted by Gasteiger charge is 2.44. The van der Waals surface area contributed by atoms with Gasteiger partial charge in [-0.1, -0.05) is 80.2 Å². The van der Waals surface area contributed by atoms with Crippen molar-refractivity contribution in [2.45, 2.75) is 32.2 Å². The monoisotopic (exact) mass is 477 g/mol. The molecule has 0 bridgehead atoms. The lowest BCUT2D eigenvalue weighted by atomic mass is 9.78. The van der Waals surface area contributed by atoms with Crippen molar-refractivity contribution in [2.75, 3.05) is 12.9 Å². The van der Waals surface area contributed by atoms with Crippen molar-refractivity contribution >= 4 is 29.5 Å². The largest absolute Gasteiger partial charge is 0.468 e. The van der Waals surface area contributed by atoms with Crippen molar-refractivity contribution < 1.29 is 19.1 Å². The van der Waals surface area contributed by atoms with Crippen LogP contribution >= 0.6 is 11.8 Å². The molecule has 0 saturated carbocycles. The first kappa shape index (κ1) is 25.1. The standard InChI is InChI=1S/C26H27N3O4S/c1-16(2)18-9-11-19(12-10-18)22-20(13-27)25(29-24(31)23(22)26(32)33-3)34-15-21(30)28-14-17-7-5-4-6-8-17/h4-12,16,22-23H,14-15H2,1-3H3,(H,28,30)(H,29,31)/t22-,23-/m1/s1. The first-order valence-corrected chi connectivity index (χ1v) is 11.9. The van der Waals surface area contributed by atoms with Crippen molar-refractivity contribution in [1.29, 1.82) is 5.26 Å². The molecular formula is C26H27N3O4S. The zero-order valence-electron chi connectivity index (χ0n) is 19.3. The van der Waals surface area contributed by atoms with Crippen LogP contribution < -0.4 is 10.6 Å². The molecule has 34 heavy (non-hydrogen) atoms. The Bertz CT molecular complexity index is 1120. The van der Waals surface area contributed by atoms with E-state index in [2.05, 4.69) is 30.6 Å². The van der Waals surface area contributed by atoms with Crippen molar-refractivity contribution in [3.05, 3.63) is 81.9 Å². The van der Waals surface area contributed by atoms with Crippen molar-refractivity contribution in [2.24, 2.45) is 5.92 Å². The Morgan fingerprint density at radius 3 is 2.41 bits per heavy atom. The molecule has 2 aromatic carbocycles. The fourth-order valence-corrected chi connectivity index (χ4v) is 4.63. The van der Waals surface area contributed by atoms with Crippen LogP contribution in [0, 0.1) is 17.2 Å². The second-order valence-electron chi connectivity index (χ2n) is 8.19. The molecule has 0 spiro atoms. The van der Waals surface area contributed by atoms with Gasteiger partial charge in [0.15, 0.2) is 0 Å². The number of esters is 1. The van der Waals surface area contributed by atoms with Crippen LogP contribution in [0.1, 0.15) is 42.4 Å². The van der Waals surface area contributed by atoms with Gasteiger partial charge in [-0.15, -0.1) is 0 Å². The van der Waals surface area contributed by atoms with Gasteiger partial charge < -0.3 is 15.4 Å². The van der Waals surface area contributed by atoms with Crippen LogP contribution in [0.15, 0.2) is 65.2 Å². The van der Waals surface area contributed by atoms with Gasteiger partial charge in [-0.05, 0) is 22.6 Å². The van der Waals surface area contributed by atoms with Crippen LogP contribution in [0.5, 0.6) is 0 Å². The second kappa shape index (κ2) is 11.5. The van der Waals surface area contributed by atoms with Gasteiger partial charge in [-0.2, -0.15) is 5.26 Å². The lowest BCUT2D eigenvalue weighted by molar-refractivity contribution is -0.150. The number of amides is 2. The summed E-state index contributed by atoms with van der Waals surface area (Å²) in [4.78, 5) is 37.8. The Balaban J connectivity index is 1.84. The average Bonchev–Trinajstić information content (AvgIpc) is 2.85. The predicted octanol–water partition coefficient (Wildman–Crippen LogP) is 3.60. The first-order chi connectivity index (χ1) is 16.3. The number of allylic oxidation sites excluding steroid dienone is 1. The van der Waals surface area contributed by atoms with Gasteiger partial charge in [0.05, 0.1) is 29.5 Å². The number of hydrogen-bond acceptors (Lipinski definition) is 6. The molecule has 0 unspecified atom stereocenters. The zero-order chi connectivity index (χ0) is 24.7. The van der Waals surface area contributed by atoms with Gasteiger partial charge in [-0.25, -0.2) is 0 Å². The number of hydrogen-bond donors (Lipinski definition) is 2. The Morgan fingerprint density at radius 1 is 1.15 bits per heavy atom. The maximum Gasteiger partial charge on any atom is 0.319 e. The molecule has 8 heteroatoms. The quantitative estimate of drug-likeness (QED) is 0.444. The molecule has 0 saturated heterocycles. The first-order valence-electron chi connectivity index (χ1n) is 10.9. The molecule has 2 atom stereocenters. The minimum atomic E-state index is -1.19. The Labute approximate surface area is 203 Å². The summed E-state index contributed by atoms with van der Waals surface area (Å²) in [6, 6.07) is 19.2. The van der Waals surface area contributed by atoms with Crippen LogP contribution in [-0.2, 0) is 25.7 Å². The normalized spacial score (nSPS) is 17.7. The molecule has 0 aromatic heterocycles. The average molecular weight is 478 g/mol. The Morgan fingerprint density at radius 2 is 1.82 bits per heavy atom. The number of thioether (sulfide) groups is 1. The van der Waals surface area contributed by atoms with Crippen molar-refractivity contribution in [1.82, 2.24) is 10.6 Å². The summed E-state index contributed by atoms with van der Waals surface area (Å²) < 4.78 is 4.87. The van der Waals surface area contributed by atoms with Crippen LogP contribution in [-0.4, -0.2) is 30.6 Å². The van der Waals surface area contributed by atoms with E-state index in [0.717, 1.165) is 22.9 Å². The summed E-state index contributed by atoms with van der Waals surface area (Å²) in [6.07, 6.45) is 0. The van der Waals surface area contributed by atoms with Gasteiger partial charge >= 0.3 is 5.97 Å². The third-order valence-electron chi connectivity index (χ3n) is 5.63. The van der Waals surface area contributed by atoms with Crippen LogP contribution in [0.3, 0.4) is 0 Å². The lowest BCUT2D eigenvalue weighted by Gasteiger charge is -2.31. The van der Waals surface area contributed by atoms with E-state index in [0.29, 0.717) is 18.0 Å². The highest BCUT2D eigenvalue weighted by atomic mass is 32.2. The number of nitriles is 1. The number of methoxy groups -OCH3 is 1. The van der Waals surface area contributed by atoms with Crippen molar-refractivity contribution in [3.63, 3.8) is 0 Å². The van der Waals surface area contributed by atoms with E-state index in [4.69, 9.17) is 4.74 Å². The molecule has 1 aliphatic rings. The molecule has 3 rings (SSSR count). The molecule has 1 aliphatic heterocycles. The third-order valence-corrected chi connectivity index (χ3v) is 6.64. The highest BCUT2D eigenvalue weighted by Crippen LogP contribution is 2.40. The van der Waals surface area contributed by atoms with E-state index in [1.165, 1.54) is 7.11 Å². The highest BCUT2D eigenvalue weighted by molar-refractivity contribution is 8.03. The van der Waals surface area contributed by atoms with Gasteiger partial charge in [-0.3, -0.25) is 14.4 Å². The molecule has 0 fully saturated rings. The van der Waals surface area contributed by atoms with E-state index in [1.54, 1.807) is 0 Å². The van der Waals surface area contributed by atoms with Crippen LogP contribution in [0.2, 0.25) is 0 Å². The van der Waals surface area contributed by atoms with E-state index >= 15 is 0 Å². The molecule has 2 amide bonds. The summed E-state index contributed by atoms with van der Waals surface area (Å²) in [6.45, 7) is 4.52. The summed E-state index contributed by atoms with van der Waals surface area (Å²) >= 11 is 1.07. The van der Waals surface area contributed by atoms with E-state index in [1.807, 2.05) is 54.6 Å². The van der Waals surface area contributed by atoms with Crippen LogP contribution in [0.4, 0.5) is 0 Å². The fraction of sp³-hybridized carbons (Fsp3) is 0.308. The van der Waals surface area contributed by atoms with Gasteiger partial charge in [0.2, 0.25) is 11.8 Å². The topological polar surface area (TPSA) is 108 Å². The molecule has 0 aliphatic carbocycles. The number of rotatable bonds is 8. The number of benzene rings is 2. The molecule has 7 nitrogen and oxygen atoms in total. The summed E-state index contributed by atoms with van der Waals surface area (Å²) in [7, 11) is 1.21. The number of carbonyl (C=O) groups is 3. The van der Waals surface area contributed by atoms with Gasteiger partial charge in [0, 0.05) is 12.5 Å². The Hall–Kier alpha value is -3.57. The molecular weight excluding hydrogens is 450 g/mol. The molecule has 176 valence electrons. The third kappa shape index (κ3) is 5.86. The summed E-state index contributed by atoms with van der Waals surface area (Å²) in [5.74, 6) is -3.19. The smallest absolute Gasteiger partial charge is 0.319 e. The van der Waals surface area contributed by atoms with Crippen LogP contribution in [0.25, 0.3) is 0 Å². The minimum Gasteiger partial charge on any atom is -0.468 e. The maximum absolute atomic E-state index is 12.9. The van der Waals surface area contributed by atoms with Crippen molar-refractivity contribution in [3.8, 4) is 6.07 Å². The van der Waals surface area contributed by atoms with E-state index in [9.17, 15) is 19.6 Å². The second-order valence-corrected chi connectivity index (χ2v) is 9.18. The number of carbonyl (C=O) groups excluding carboxylic acids is 3. The summed E-state index contributed by atoms with van der Waals surface area (Å²) in [5.41, 5.74) is 2.96. The number of ether oxygens (including phenoxy) is 1. The molecule has 1 heterocycles. The Kier molecular flexibility index (Phi) is 8.50. The SMILES string of the molecule is COC(=O)[C@H]1C(=O)NC(SCC(=O)NCc2ccccc2)=C(C#N)[C@H]1c1ccc(C(C)C)cc1. The predicted molar refractivity (Wildman–Crippen MR) is 130 cm³/mol. The van der Waals surface area contributed by atoms with Gasteiger partial charge in [0.25, 0.3) is 0 Å². The number of nitrogens with one attached hydrogen (secondary N) is 2. The molecule has 0 radical (unpaired) electrons. The number of nitrogens with zero attached hydrogens (tertiary/aromatic N) is 1. The maximum atomic E-state index is 12.9. The van der Waals surface area contributed by atoms with E-state index in [-0.39, 0.29) is 22.3 Å². The summed E-state index contributed by atoms with van der Waals surface area (Å²) in [5, 5.41) is 15.7. The minimum absolute atomic E-state index is 0.00945. The lowest BCUT2D eigenvalue weighted by Crippen LogP contribution is -2.44. The zero-order valence-corrected chi connectivity index (χ0v) is 20.1. The van der Waals surface area contributed by atoms with Gasteiger partial charge in [0.1, 0.15) is 5.92 Å². The van der Waals surface area contributed by atoms with E-state index < -0.39 is 23.7 Å². The fourth-order valence-electron chi connectivity index (χ4n) is 3.75. The molecule has 2 N–H and O–H groups in total. The molecule has 2 aromatic rings.